The molecule has 1 aromatic heterocycles. The number of nitrogens with zero attached hydrogens (tertiary/aromatic N) is 2. The Bertz CT molecular complexity index is 1260. The van der Waals surface area contributed by atoms with E-state index >= 15 is 0 Å². The molecule has 6 nitrogen and oxygen atoms in total. The topological polar surface area (TPSA) is 67.3 Å². The van der Waals surface area contributed by atoms with E-state index in [-0.39, 0.29) is 17.5 Å². The first-order valence-electron chi connectivity index (χ1n) is 10.3. The average molecular weight is 436 g/mol. The van der Waals surface area contributed by atoms with Gasteiger partial charge in [-0.3, -0.25) is 14.2 Å². The lowest BCUT2D eigenvalue weighted by molar-refractivity contribution is 0.0736. The number of fused-ring (bicyclic) bond motifs is 1. The van der Waals surface area contributed by atoms with E-state index in [1.54, 1.807) is 31.4 Å². The highest BCUT2D eigenvalue weighted by Gasteiger charge is 2.29. The van der Waals surface area contributed by atoms with Gasteiger partial charge in [0.1, 0.15) is 5.75 Å². The summed E-state index contributed by atoms with van der Waals surface area (Å²) in [5.74, 6) is 0.794. The number of ether oxygens (including phenoxy) is 1. The summed E-state index contributed by atoms with van der Waals surface area (Å²) in [5, 5.41) is 0.501. The molecular weight excluding hydrogens is 410 g/mol. The minimum absolute atomic E-state index is 0.0260. The highest BCUT2D eigenvalue weighted by molar-refractivity contribution is 7.71. The van der Waals surface area contributed by atoms with Gasteiger partial charge in [-0.25, -0.2) is 0 Å². The maximum absolute atomic E-state index is 13.3. The predicted molar refractivity (Wildman–Crippen MR) is 124 cm³/mol. The second-order valence-corrected chi connectivity index (χ2v) is 8.13. The van der Waals surface area contributed by atoms with Crippen LogP contribution in [0.25, 0.3) is 10.9 Å². The molecule has 31 heavy (non-hydrogen) atoms. The molecule has 1 atom stereocenters. The lowest BCUT2D eigenvalue weighted by atomic mass is 10.0. The van der Waals surface area contributed by atoms with Crippen molar-refractivity contribution in [3.63, 3.8) is 0 Å². The number of carbonyl (C=O) groups is 1. The van der Waals surface area contributed by atoms with Crippen molar-refractivity contribution >= 4 is 29.0 Å². The number of nitrogens with one attached hydrogen (secondary N) is 1. The molecule has 1 N–H and O–H groups in total. The van der Waals surface area contributed by atoms with Gasteiger partial charge in [-0.05, 0) is 67.4 Å². The zero-order valence-corrected chi connectivity index (χ0v) is 18.3. The van der Waals surface area contributed by atoms with E-state index in [4.69, 9.17) is 17.0 Å². The van der Waals surface area contributed by atoms with Gasteiger partial charge in [0, 0.05) is 24.7 Å². The standard InChI is InChI=1S/C24H25N3O3S/c1-3-11-27-23(29)20-10-9-17(15-21(20)25-24(27)31)22(28)26-12-5-7-18(26)13-16-6-4-8-19(14-16)30-2/h3-4,6,8-10,14-15,18H,1,5,7,11-13H2,2H3,(H,25,31). The van der Waals surface area contributed by atoms with Gasteiger partial charge in [0.25, 0.3) is 11.5 Å². The van der Waals surface area contributed by atoms with E-state index < -0.39 is 0 Å². The summed E-state index contributed by atoms with van der Waals surface area (Å²) < 4.78 is 7.10. The Hall–Kier alpha value is -3.19. The fourth-order valence-electron chi connectivity index (χ4n) is 4.24. The molecule has 1 unspecified atom stereocenters. The minimum Gasteiger partial charge on any atom is -0.497 e. The van der Waals surface area contributed by atoms with Crippen molar-refractivity contribution < 1.29 is 9.53 Å². The first kappa shape index (κ1) is 21.1. The number of H-pyrrole nitrogens is 1. The second kappa shape index (κ2) is 8.89. The summed E-state index contributed by atoms with van der Waals surface area (Å²) in [7, 11) is 1.65. The Kier molecular flexibility index (Phi) is 6.04. The van der Waals surface area contributed by atoms with Crippen molar-refractivity contribution in [2.45, 2.75) is 31.8 Å². The third-order valence-corrected chi connectivity index (χ3v) is 6.11. The van der Waals surface area contributed by atoms with Gasteiger partial charge >= 0.3 is 0 Å². The molecular formula is C24H25N3O3S. The summed E-state index contributed by atoms with van der Waals surface area (Å²) in [4.78, 5) is 31.0. The van der Waals surface area contributed by atoms with Gasteiger partial charge in [-0.1, -0.05) is 18.2 Å². The Balaban J connectivity index is 1.62. The Morgan fingerprint density at radius 2 is 2.16 bits per heavy atom. The molecule has 1 aliphatic rings. The highest BCUT2D eigenvalue weighted by Crippen LogP contribution is 2.25. The van der Waals surface area contributed by atoms with Crippen molar-refractivity contribution in [1.29, 1.82) is 0 Å². The molecule has 2 heterocycles. The molecule has 0 aliphatic carbocycles. The fourth-order valence-corrected chi connectivity index (χ4v) is 4.50. The number of carbonyl (C=O) groups excluding carboxylic acids is 1. The molecule has 1 amide bonds. The van der Waals surface area contributed by atoms with Crippen molar-refractivity contribution in [1.82, 2.24) is 14.5 Å². The molecule has 1 fully saturated rings. The molecule has 0 spiro atoms. The van der Waals surface area contributed by atoms with Crippen LogP contribution in [0.5, 0.6) is 5.75 Å². The van der Waals surface area contributed by atoms with Crippen LogP contribution in [0.1, 0.15) is 28.8 Å². The highest BCUT2D eigenvalue weighted by atomic mass is 32.1. The first-order valence-corrected chi connectivity index (χ1v) is 10.7. The van der Waals surface area contributed by atoms with Crippen LogP contribution in [0.4, 0.5) is 0 Å². The number of hydrogen-bond donors (Lipinski definition) is 1. The van der Waals surface area contributed by atoms with Gasteiger partial charge in [0.05, 0.1) is 18.0 Å². The zero-order valence-electron chi connectivity index (χ0n) is 17.5. The van der Waals surface area contributed by atoms with Crippen LogP contribution in [0.2, 0.25) is 0 Å². The summed E-state index contributed by atoms with van der Waals surface area (Å²) in [6.45, 7) is 4.73. The quantitative estimate of drug-likeness (QED) is 0.468. The SMILES string of the molecule is C=CCn1c(=S)[nH]c2cc(C(=O)N3CCCC3Cc3cccc(OC)c3)ccc2c1=O. The van der Waals surface area contributed by atoms with E-state index in [0.717, 1.165) is 37.1 Å². The van der Waals surface area contributed by atoms with E-state index in [1.165, 1.54) is 4.57 Å². The Morgan fingerprint density at radius 1 is 1.32 bits per heavy atom. The van der Waals surface area contributed by atoms with Crippen molar-refractivity contribution in [2.24, 2.45) is 0 Å². The van der Waals surface area contributed by atoms with E-state index in [9.17, 15) is 9.59 Å². The van der Waals surface area contributed by atoms with Gasteiger partial charge in [-0.2, -0.15) is 0 Å². The molecule has 7 heteroatoms. The van der Waals surface area contributed by atoms with Crippen LogP contribution in [0.3, 0.4) is 0 Å². The lowest BCUT2D eigenvalue weighted by Gasteiger charge is -2.25. The van der Waals surface area contributed by atoms with Gasteiger partial charge in [0.2, 0.25) is 0 Å². The molecule has 160 valence electrons. The van der Waals surface area contributed by atoms with Crippen LogP contribution in [-0.4, -0.2) is 40.1 Å². The van der Waals surface area contributed by atoms with E-state index in [0.29, 0.717) is 27.8 Å². The zero-order chi connectivity index (χ0) is 22.0. The molecule has 4 rings (SSSR count). The van der Waals surface area contributed by atoms with Crippen LogP contribution < -0.4 is 10.3 Å². The number of allylic oxidation sites excluding steroid dienone is 1. The number of amides is 1. The molecule has 1 aliphatic heterocycles. The fraction of sp³-hybridized carbons (Fsp3) is 0.292. The first-order chi connectivity index (χ1) is 15.0. The number of likely N-dealkylation sites (tertiary alicyclic amines) is 1. The van der Waals surface area contributed by atoms with E-state index in [1.807, 2.05) is 23.1 Å². The van der Waals surface area contributed by atoms with Gasteiger partial charge in [-0.15, -0.1) is 6.58 Å². The average Bonchev–Trinajstić information content (AvgIpc) is 3.23. The number of benzene rings is 2. The smallest absolute Gasteiger partial charge is 0.262 e. The monoisotopic (exact) mass is 435 g/mol. The third kappa shape index (κ3) is 4.18. The van der Waals surface area contributed by atoms with Crippen molar-refractivity contribution in [3.05, 3.63) is 81.4 Å². The summed E-state index contributed by atoms with van der Waals surface area (Å²) in [5.41, 5.74) is 2.09. The molecule has 0 radical (unpaired) electrons. The van der Waals surface area contributed by atoms with E-state index in [2.05, 4.69) is 17.6 Å². The number of rotatable bonds is 6. The van der Waals surface area contributed by atoms with Gasteiger partial charge in [0.15, 0.2) is 4.77 Å². The number of aromatic nitrogens is 2. The largest absolute Gasteiger partial charge is 0.497 e. The number of hydrogen-bond acceptors (Lipinski definition) is 4. The van der Waals surface area contributed by atoms with Crippen LogP contribution in [0.15, 0.2) is 59.9 Å². The summed E-state index contributed by atoms with van der Waals surface area (Å²) >= 11 is 5.31. The Labute approximate surface area is 185 Å². The molecule has 3 aromatic rings. The molecule has 1 saturated heterocycles. The van der Waals surface area contributed by atoms with Gasteiger partial charge < -0.3 is 14.6 Å². The normalized spacial score (nSPS) is 15.9. The summed E-state index contributed by atoms with van der Waals surface area (Å²) in [6.07, 6.45) is 4.35. The number of methoxy groups -OCH3 is 1. The maximum atomic E-state index is 13.3. The lowest BCUT2D eigenvalue weighted by Crippen LogP contribution is -2.36. The van der Waals surface area contributed by atoms with Crippen molar-refractivity contribution in [2.75, 3.05) is 13.7 Å². The predicted octanol–water partition coefficient (Wildman–Crippen LogP) is 4.10. The van der Waals surface area contributed by atoms with Crippen LogP contribution in [0, 0.1) is 4.77 Å². The Morgan fingerprint density at radius 3 is 2.94 bits per heavy atom. The second-order valence-electron chi connectivity index (χ2n) is 7.75. The van der Waals surface area contributed by atoms with Crippen LogP contribution >= 0.6 is 12.2 Å². The maximum Gasteiger partial charge on any atom is 0.262 e. The molecule has 0 saturated carbocycles. The summed E-state index contributed by atoms with van der Waals surface area (Å²) in [6, 6.07) is 13.3. The minimum atomic E-state index is -0.185. The molecule has 2 aromatic carbocycles. The van der Waals surface area contributed by atoms with Crippen molar-refractivity contribution in [3.8, 4) is 5.75 Å². The third-order valence-electron chi connectivity index (χ3n) is 5.78. The molecule has 0 bridgehead atoms. The number of aromatic amines is 1. The van der Waals surface area contributed by atoms with Crippen LogP contribution in [-0.2, 0) is 13.0 Å².